The van der Waals surface area contributed by atoms with Gasteiger partial charge >= 0.3 is 0 Å². The van der Waals surface area contributed by atoms with Gasteiger partial charge in [0.2, 0.25) is 6.79 Å². The average molecular weight is 497 g/mol. The summed E-state index contributed by atoms with van der Waals surface area (Å²) >= 11 is 0. The summed E-state index contributed by atoms with van der Waals surface area (Å²) in [6, 6.07) is 16.2. The van der Waals surface area contributed by atoms with Crippen LogP contribution in [0.2, 0.25) is 0 Å². The van der Waals surface area contributed by atoms with Crippen LogP contribution in [-0.2, 0) is 11.3 Å². The van der Waals surface area contributed by atoms with Crippen LogP contribution in [0.15, 0.2) is 53.5 Å². The number of ether oxygens (including phenoxy) is 3. The largest absolute Gasteiger partial charge is 0.454 e. The van der Waals surface area contributed by atoms with Crippen LogP contribution in [-0.4, -0.2) is 33.0 Å². The Bertz CT molecular complexity index is 756. The smallest absolute Gasteiger partial charge is 0.231 e. The maximum atomic E-state index is 5.89. The van der Waals surface area contributed by atoms with Crippen molar-refractivity contribution in [2.75, 3.05) is 27.0 Å². The monoisotopic (exact) mass is 497 g/mol. The number of aliphatic imine (C=N–C) groups is 1. The lowest BCUT2D eigenvalue weighted by Crippen LogP contribution is -2.37. The van der Waals surface area contributed by atoms with Crippen molar-refractivity contribution in [1.82, 2.24) is 10.6 Å². The summed E-state index contributed by atoms with van der Waals surface area (Å²) in [5.74, 6) is 2.36. The van der Waals surface area contributed by atoms with E-state index in [1.807, 2.05) is 36.4 Å². The topological polar surface area (TPSA) is 64.1 Å². The van der Waals surface area contributed by atoms with Gasteiger partial charge < -0.3 is 24.8 Å². The van der Waals surface area contributed by atoms with Crippen molar-refractivity contribution in [2.45, 2.75) is 26.0 Å². The van der Waals surface area contributed by atoms with Crippen LogP contribution in [0.5, 0.6) is 11.5 Å². The minimum Gasteiger partial charge on any atom is -0.454 e. The van der Waals surface area contributed by atoms with Crippen LogP contribution in [0.1, 0.15) is 30.6 Å². The van der Waals surface area contributed by atoms with Gasteiger partial charge in [0, 0.05) is 26.7 Å². The van der Waals surface area contributed by atoms with Crippen LogP contribution < -0.4 is 20.1 Å². The van der Waals surface area contributed by atoms with Gasteiger partial charge in [-0.15, -0.1) is 24.0 Å². The molecule has 0 saturated carbocycles. The summed E-state index contributed by atoms with van der Waals surface area (Å²) in [5, 5.41) is 6.61. The van der Waals surface area contributed by atoms with Crippen LogP contribution in [0, 0.1) is 0 Å². The third-order valence-corrected chi connectivity index (χ3v) is 4.37. The molecule has 0 saturated heterocycles. The molecule has 2 aromatic rings. The van der Waals surface area contributed by atoms with E-state index >= 15 is 0 Å². The second-order valence-electron chi connectivity index (χ2n) is 6.32. The fraction of sp³-hybridized carbons (Fsp3) is 0.381. The second kappa shape index (κ2) is 11.8. The zero-order valence-electron chi connectivity index (χ0n) is 16.3. The van der Waals surface area contributed by atoms with Crippen LogP contribution >= 0.6 is 24.0 Å². The number of halogens is 1. The normalized spacial score (nSPS) is 13.6. The molecule has 0 radical (unpaired) electrons. The molecule has 0 fully saturated rings. The van der Waals surface area contributed by atoms with Crippen molar-refractivity contribution < 1.29 is 14.2 Å². The molecular formula is C21H28IN3O3. The van der Waals surface area contributed by atoms with E-state index in [9.17, 15) is 0 Å². The maximum absolute atomic E-state index is 5.89. The van der Waals surface area contributed by atoms with E-state index in [1.54, 1.807) is 7.05 Å². The Morgan fingerprint density at radius 1 is 1.11 bits per heavy atom. The molecule has 0 spiro atoms. The molecule has 1 unspecified atom stereocenters. The van der Waals surface area contributed by atoms with Gasteiger partial charge in [0.1, 0.15) is 0 Å². The highest BCUT2D eigenvalue weighted by molar-refractivity contribution is 14.0. The highest BCUT2D eigenvalue weighted by Crippen LogP contribution is 2.32. The van der Waals surface area contributed by atoms with Crippen molar-refractivity contribution in [2.24, 2.45) is 4.99 Å². The second-order valence-corrected chi connectivity index (χ2v) is 6.32. The van der Waals surface area contributed by atoms with Crippen molar-refractivity contribution in [1.29, 1.82) is 0 Å². The standard InChI is InChI=1S/C21H27N3O3.HI/c1-16(18-7-4-3-5-8-18)25-12-6-11-23-21(22-2)24-14-17-9-10-19-20(13-17)27-15-26-19;/h3-5,7-10,13,16H,6,11-12,14-15H2,1-2H3,(H2,22,23,24);1H. The summed E-state index contributed by atoms with van der Waals surface area (Å²) < 4.78 is 16.6. The first-order valence-electron chi connectivity index (χ1n) is 9.26. The van der Waals surface area contributed by atoms with Gasteiger partial charge in [0.25, 0.3) is 0 Å². The minimum atomic E-state index is 0. The molecule has 152 valence electrons. The van der Waals surface area contributed by atoms with E-state index in [2.05, 4.69) is 34.7 Å². The predicted octanol–water partition coefficient (Wildman–Crippen LogP) is 3.87. The molecule has 2 N–H and O–H groups in total. The average Bonchev–Trinajstić information content (AvgIpc) is 3.18. The highest BCUT2D eigenvalue weighted by atomic mass is 127. The quantitative estimate of drug-likeness (QED) is 0.251. The Balaban J connectivity index is 0.00000280. The molecule has 2 aromatic carbocycles. The van der Waals surface area contributed by atoms with Gasteiger partial charge in [-0.3, -0.25) is 4.99 Å². The Hall–Kier alpha value is -2.00. The minimum absolute atomic E-state index is 0. The van der Waals surface area contributed by atoms with E-state index in [4.69, 9.17) is 14.2 Å². The molecule has 0 bridgehead atoms. The molecule has 0 amide bonds. The van der Waals surface area contributed by atoms with Gasteiger partial charge in [0.05, 0.1) is 6.10 Å². The molecule has 6 nitrogen and oxygen atoms in total. The summed E-state index contributed by atoms with van der Waals surface area (Å²) in [6.45, 7) is 4.53. The van der Waals surface area contributed by atoms with E-state index in [0.717, 1.165) is 36.0 Å². The molecule has 3 rings (SSSR count). The van der Waals surface area contributed by atoms with Gasteiger partial charge in [-0.1, -0.05) is 36.4 Å². The van der Waals surface area contributed by atoms with Crippen molar-refractivity contribution >= 4 is 29.9 Å². The number of nitrogens with zero attached hydrogens (tertiary/aromatic N) is 1. The fourth-order valence-corrected chi connectivity index (χ4v) is 2.82. The summed E-state index contributed by atoms with van der Waals surface area (Å²) in [7, 11) is 1.77. The molecule has 1 atom stereocenters. The number of nitrogens with one attached hydrogen (secondary N) is 2. The molecule has 1 heterocycles. The van der Waals surface area contributed by atoms with E-state index < -0.39 is 0 Å². The van der Waals surface area contributed by atoms with E-state index in [-0.39, 0.29) is 30.1 Å². The molecule has 1 aliphatic heterocycles. The number of fused-ring (bicyclic) bond motifs is 1. The lowest BCUT2D eigenvalue weighted by molar-refractivity contribution is 0.0646. The van der Waals surface area contributed by atoms with Crippen molar-refractivity contribution in [3.8, 4) is 11.5 Å². The van der Waals surface area contributed by atoms with Gasteiger partial charge in [-0.25, -0.2) is 0 Å². The lowest BCUT2D eigenvalue weighted by Gasteiger charge is -2.15. The molecule has 1 aliphatic rings. The fourth-order valence-electron chi connectivity index (χ4n) is 2.82. The SMILES string of the molecule is CN=C(NCCCOC(C)c1ccccc1)NCc1ccc2c(c1)OCO2.I. The predicted molar refractivity (Wildman–Crippen MR) is 122 cm³/mol. The Labute approximate surface area is 183 Å². The Morgan fingerprint density at radius 3 is 2.68 bits per heavy atom. The molecule has 0 aliphatic carbocycles. The molecule has 0 aromatic heterocycles. The van der Waals surface area contributed by atoms with Crippen molar-refractivity contribution in [3.05, 3.63) is 59.7 Å². The first kappa shape index (κ1) is 22.3. The van der Waals surface area contributed by atoms with Gasteiger partial charge in [0.15, 0.2) is 17.5 Å². The Morgan fingerprint density at radius 2 is 1.89 bits per heavy atom. The van der Waals surface area contributed by atoms with E-state index in [1.165, 1.54) is 5.56 Å². The number of rotatable bonds is 8. The third kappa shape index (κ3) is 6.56. The third-order valence-electron chi connectivity index (χ3n) is 4.37. The first-order valence-corrected chi connectivity index (χ1v) is 9.26. The number of guanidine groups is 1. The molecular weight excluding hydrogens is 469 g/mol. The van der Waals surface area contributed by atoms with Crippen LogP contribution in [0.4, 0.5) is 0 Å². The van der Waals surface area contributed by atoms with Crippen LogP contribution in [0.3, 0.4) is 0 Å². The number of hydrogen-bond donors (Lipinski definition) is 2. The maximum Gasteiger partial charge on any atom is 0.231 e. The summed E-state index contributed by atoms with van der Waals surface area (Å²) in [5.41, 5.74) is 2.31. The zero-order chi connectivity index (χ0) is 18.9. The number of hydrogen-bond acceptors (Lipinski definition) is 4. The zero-order valence-corrected chi connectivity index (χ0v) is 18.6. The van der Waals surface area contributed by atoms with Gasteiger partial charge in [-0.05, 0) is 36.6 Å². The highest BCUT2D eigenvalue weighted by Gasteiger charge is 2.13. The lowest BCUT2D eigenvalue weighted by atomic mass is 10.1. The molecule has 7 heteroatoms. The van der Waals surface area contributed by atoms with E-state index in [0.29, 0.717) is 19.9 Å². The van der Waals surface area contributed by atoms with Crippen LogP contribution in [0.25, 0.3) is 0 Å². The van der Waals surface area contributed by atoms with Crippen molar-refractivity contribution in [3.63, 3.8) is 0 Å². The summed E-state index contributed by atoms with van der Waals surface area (Å²) in [4.78, 5) is 4.25. The van der Waals surface area contributed by atoms with Gasteiger partial charge in [-0.2, -0.15) is 0 Å². The summed E-state index contributed by atoms with van der Waals surface area (Å²) in [6.07, 6.45) is 1.01. The molecule has 28 heavy (non-hydrogen) atoms. The Kier molecular flexibility index (Phi) is 9.36. The first-order chi connectivity index (χ1) is 13.3. The number of benzene rings is 2.